The molecule has 0 aliphatic rings. The van der Waals surface area contributed by atoms with Crippen LogP contribution < -0.4 is 33.8 Å². The first-order chi connectivity index (χ1) is 18.7. The highest BCUT2D eigenvalue weighted by Crippen LogP contribution is 2.39. The van der Waals surface area contributed by atoms with E-state index in [-0.39, 0.29) is 17.1 Å². The monoisotopic (exact) mass is 556 g/mol. The second-order valence-electron chi connectivity index (χ2n) is 8.12. The van der Waals surface area contributed by atoms with Crippen molar-refractivity contribution in [2.45, 2.75) is 20.0 Å². The predicted octanol–water partition coefficient (Wildman–Crippen LogP) is 4.82. The smallest absolute Gasteiger partial charge is 0.343 e. The number of halogens is 1. The van der Waals surface area contributed by atoms with E-state index < -0.39 is 18.0 Å². The third-order valence-corrected chi connectivity index (χ3v) is 5.72. The summed E-state index contributed by atoms with van der Waals surface area (Å²) >= 11 is 5.96. The third-order valence-electron chi connectivity index (χ3n) is 5.49. The molecule has 0 aliphatic carbocycles. The minimum absolute atomic E-state index is 0.179. The van der Waals surface area contributed by atoms with Crippen LogP contribution in [-0.4, -0.2) is 52.6 Å². The van der Waals surface area contributed by atoms with Crippen molar-refractivity contribution in [2.24, 2.45) is 5.10 Å². The van der Waals surface area contributed by atoms with Crippen LogP contribution in [0.1, 0.15) is 28.4 Å². The highest BCUT2D eigenvalue weighted by atomic mass is 35.5. The van der Waals surface area contributed by atoms with Crippen LogP contribution in [0.4, 0.5) is 0 Å². The van der Waals surface area contributed by atoms with Crippen molar-refractivity contribution in [3.8, 4) is 34.5 Å². The van der Waals surface area contributed by atoms with Gasteiger partial charge in [-0.3, -0.25) is 4.79 Å². The average Bonchev–Trinajstić information content (AvgIpc) is 2.93. The largest absolute Gasteiger partial charge is 0.493 e. The highest BCUT2D eigenvalue weighted by molar-refractivity contribution is 6.30. The van der Waals surface area contributed by atoms with Gasteiger partial charge < -0.3 is 28.4 Å². The van der Waals surface area contributed by atoms with Crippen LogP contribution >= 0.6 is 11.6 Å². The first-order valence-electron chi connectivity index (χ1n) is 11.7. The third kappa shape index (κ3) is 7.32. The van der Waals surface area contributed by atoms with Crippen molar-refractivity contribution in [3.05, 3.63) is 70.2 Å². The first-order valence-corrected chi connectivity index (χ1v) is 12.0. The van der Waals surface area contributed by atoms with Crippen LogP contribution in [0.2, 0.25) is 5.02 Å². The van der Waals surface area contributed by atoms with Crippen LogP contribution in [0, 0.1) is 6.92 Å². The fourth-order valence-electron chi connectivity index (χ4n) is 3.46. The number of hydrazone groups is 1. The van der Waals surface area contributed by atoms with E-state index in [0.29, 0.717) is 33.6 Å². The van der Waals surface area contributed by atoms with Gasteiger partial charge in [-0.2, -0.15) is 5.10 Å². The van der Waals surface area contributed by atoms with Crippen molar-refractivity contribution in [2.75, 3.05) is 28.4 Å². The zero-order valence-corrected chi connectivity index (χ0v) is 23.1. The lowest BCUT2D eigenvalue weighted by atomic mass is 10.1. The van der Waals surface area contributed by atoms with Gasteiger partial charge in [0.2, 0.25) is 5.75 Å². The number of nitrogens with one attached hydrogen (secondary N) is 1. The van der Waals surface area contributed by atoms with Crippen LogP contribution in [-0.2, 0) is 4.79 Å². The summed E-state index contributed by atoms with van der Waals surface area (Å²) < 4.78 is 32.5. The molecule has 1 atom stereocenters. The average molecular weight is 557 g/mol. The van der Waals surface area contributed by atoms with Gasteiger partial charge in [-0.05, 0) is 73.5 Å². The molecule has 0 heterocycles. The van der Waals surface area contributed by atoms with Crippen LogP contribution in [0.3, 0.4) is 0 Å². The number of hydrogen-bond acceptors (Lipinski definition) is 9. The topological polar surface area (TPSA) is 114 Å². The molecule has 39 heavy (non-hydrogen) atoms. The summed E-state index contributed by atoms with van der Waals surface area (Å²) in [4.78, 5) is 25.3. The summed E-state index contributed by atoms with van der Waals surface area (Å²) in [6.07, 6.45) is 0.624. The Labute approximate surface area is 231 Å². The van der Waals surface area contributed by atoms with E-state index in [9.17, 15) is 9.59 Å². The van der Waals surface area contributed by atoms with Crippen LogP contribution in [0.25, 0.3) is 0 Å². The Hall–Kier alpha value is -4.44. The summed E-state index contributed by atoms with van der Waals surface area (Å²) in [6, 6.07) is 12.9. The Bertz CT molecular complexity index is 1350. The predicted molar refractivity (Wildman–Crippen MR) is 146 cm³/mol. The van der Waals surface area contributed by atoms with Gasteiger partial charge in [0.15, 0.2) is 29.1 Å². The second kappa shape index (κ2) is 13.4. The molecule has 11 heteroatoms. The fourth-order valence-corrected chi connectivity index (χ4v) is 3.68. The number of rotatable bonds is 11. The summed E-state index contributed by atoms with van der Waals surface area (Å²) in [6.45, 7) is 3.45. The van der Waals surface area contributed by atoms with E-state index in [4.69, 9.17) is 40.0 Å². The van der Waals surface area contributed by atoms with Crippen molar-refractivity contribution < 1.29 is 38.0 Å². The number of nitrogens with zero attached hydrogens (tertiary/aromatic N) is 1. The van der Waals surface area contributed by atoms with E-state index in [0.717, 1.165) is 5.56 Å². The lowest BCUT2D eigenvalue weighted by Gasteiger charge is -2.15. The molecule has 3 rings (SSSR count). The van der Waals surface area contributed by atoms with Gasteiger partial charge in [-0.1, -0.05) is 11.6 Å². The lowest BCUT2D eigenvalue weighted by Crippen LogP contribution is -2.33. The molecule has 0 saturated heterocycles. The number of carbonyl (C=O) groups is 2. The Morgan fingerprint density at radius 3 is 2.08 bits per heavy atom. The standard InChI is InChI=1S/C28H29ClN2O8/c1-16-11-20(29)8-10-21(16)38-17(2)27(32)31-30-15-18-7-9-22(23(12-18)34-3)39-28(33)19-13-24(35-4)26(37-6)25(14-19)36-5/h7-15,17H,1-6H3,(H,31,32). The SMILES string of the molecule is COc1cc(C=NNC(=O)C(C)Oc2ccc(Cl)cc2C)ccc1OC(=O)c1cc(OC)c(OC)c(OC)c1. The Balaban J connectivity index is 1.67. The zero-order chi connectivity index (χ0) is 28.5. The molecule has 0 aromatic heterocycles. The summed E-state index contributed by atoms with van der Waals surface area (Å²) in [5, 5.41) is 4.56. The summed E-state index contributed by atoms with van der Waals surface area (Å²) in [7, 11) is 5.81. The quantitative estimate of drug-likeness (QED) is 0.155. The molecule has 0 bridgehead atoms. The lowest BCUT2D eigenvalue weighted by molar-refractivity contribution is -0.127. The molecule has 0 aliphatic heterocycles. The Morgan fingerprint density at radius 1 is 0.846 bits per heavy atom. The fraction of sp³-hybridized carbons (Fsp3) is 0.250. The maximum Gasteiger partial charge on any atom is 0.343 e. The normalized spacial score (nSPS) is 11.5. The number of benzene rings is 3. The van der Waals surface area contributed by atoms with Crippen molar-refractivity contribution in [3.63, 3.8) is 0 Å². The molecular formula is C28H29ClN2O8. The van der Waals surface area contributed by atoms with Crippen molar-refractivity contribution in [1.82, 2.24) is 5.43 Å². The number of hydrogen-bond donors (Lipinski definition) is 1. The maximum atomic E-state index is 12.9. The van der Waals surface area contributed by atoms with Gasteiger partial charge in [0.1, 0.15) is 5.75 Å². The van der Waals surface area contributed by atoms with E-state index in [1.807, 2.05) is 6.92 Å². The number of amides is 1. The molecule has 0 fully saturated rings. The highest BCUT2D eigenvalue weighted by Gasteiger charge is 2.20. The molecule has 1 amide bonds. The molecule has 1 unspecified atom stereocenters. The molecule has 3 aromatic carbocycles. The summed E-state index contributed by atoms with van der Waals surface area (Å²) in [5.41, 5.74) is 4.02. The van der Waals surface area contributed by atoms with Gasteiger partial charge in [0.25, 0.3) is 5.91 Å². The number of esters is 1. The molecule has 0 radical (unpaired) electrons. The Kier molecular flexibility index (Phi) is 9.99. The molecule has 206 valence electrons. The molecule has 10 nitrogen and oxygen atoms in total. The van der Waals surface area contributed by atoms with E-state index in [2.05, 4.69) is 10.5 Å². The minimum atomic E-state index is -0.798. The molecule has 3 aromatic rings. The Morgan fingerprint density at radius 2 is 1.49 bits per heavy atom. The van der Waals surface area contributed by atoms with Gasteiger partial charge in [0, 0.05) is 5.02 Å². The van der Waals surface area contributed by atoms with Crippen molar-refractivity contribution in [1.29, 1.82) is 0 Å². The van der Waals surface area contributed by atoms with Crippen molar-refractivity contribution >= 4 is 29.7 Å². The summed E-state index contributed by atoms with van der Waals surface area (Å²) in [5.74, 6) is 0.881. The zero-order valence-electron chi connectivity index (χ0n) is 22.4. The van der Waals surface area contributed by atoms with Gasteiger partial charge >= 0.3 is 5.97 Å². The molecular weight excluding hydrogens is 528 g/mol. The minimum Gasteiger partial charge on any atom is -0.493 e. The van der Waals surface area contributed by atoms with E-state index >= 15 is 0 Å². The first kappa shape index (κ1) is 29.1. The molecule has 1 N–H and O–H groups in total. The van der Waals surface area contributed by atoms with Gasteiger partial charge in [0.05, 0.1) is 40.2 Å². The van der Waals surface area contributed by atoms with Gasteiger partial charge in [-0.25, -0.2) is 10.2 Å². The number of methoxy groups -OCH3 is 4. The van der Waals surface area contributed by atoms with Gasteiger partial charge in [-0.15, -0.1) is 0 Å². The number of carbonyl (C=O) groups excluding carboxylic acids is 2. The van der Waals surface area contributed by atoms with Crippen LogP contribution in [0.5, 0.6) is 34.5 Å². The van der Waals surface area contributed by atoms with Crippen LogP contribution in [0.15, 0.2) is 53.6 Å². The second-order valence-corrected chi connectivity index (χ2v) is 8.55. The number of aryl methyl sites for hydroxylation is 1. The molecule has 0 spiro atoms. The maximum absolute atomic E-state index is 12.9. The van der Waals surface area contributed by atoms with E-state index in [1.165, 1.54) is 46.8 Å². The van der Waals surface area contributed by atoms with E-state index in [1.54, 1.807) is 43.3 Å². The number of ether oxygens (including phenoxy) is 6. The molecule has 0 saturated carbocycles.